The Hall–Kier alpha value is -8.42. The number of nitrogens with zero attached hydrogens (tertiary/aromatic N) is 2. The summed E-state index contributed by atoms with van der Waals surface area (Å²) in [4.78, 5) is 5.03. The van der Waals surface area contributed by atoms with Gasteiger partial charge in [-0.25, -0.2) is 0 Å². The summed E-state index contributed by atoms with van der Waals surface area (Å²) >= 11 is 3.75. The molecule has 2 aliphatic heterocycles. The predicted molar refractivity (Wildman–Crippen MR) is 315 cm³/mol. The summed E-state index contributed by atoms with van der Waals surface area (Å²) in [6.45, 7) is 9.50. The first-order valence-corrected chi connectivity index (χ1v) is 27.2. The van der Waals surface area contributed by atoms with Crippen molar-refractivity contribution in [2.45, 2.75) is 38.5 Å². The van der Waals surface area contributed by atoms with Crippen molar-refractivity contribution in [3.8, 4) is 0 Å². The maximum absolute atomic E-state index is 7.34. The Morgan fingerprint density at radius 2 is 0.716 bits per heavy atom. The minimum absolute atomic E-state index is 0.406. The molecular weight excluding hydrogens is 941 g/mol. The first kappa shape index (κ1) is 41.1. The second-order valence-electron chi connectivity index (χ2n) is 21.6. The molecule has 11 aromatic carbocycles. The van der Waals surface area contributed by atoms with Gasteiger partial charge in [0, 0.05) is 74.4 Å². The number of benzene rings is 11. The average molecular weight is 985 g/mol. The van der Waals surface area contributed by atoms with E-state index in [0.29, 0.717) is 0 Å². The van der Waals surface area contributed by atoms with Crippen molar-refractivity contribution in [3.05, 3.63) is 216 Å². The van der Waals surface area contributed by atoms with Crippen LogP contribution in [0.15, 0.2) is 203 Å². The van der Waals surface area contributed by atoms with E-state index in [1.54, 1.807) is 0 Å². The van der Waals surface area contributed by atoms with Crippen molar-refractivity contribution in [1.29, 1.82) is 0 Å². The molecule has 4 aromatic heterocycles. The van der Waals surface area contributed by atoms with Crippen molar-refractivity contribution in [2.24, 2.45) is 0 Å². The summed E-state index contributed by atoms with van der Waals surface area (Å²) in [7, 11) is 0. The number of rotatable bonds is 2. The zero-order valence-corrected chi connectivity index (χ0v) is 42.6. The van der Waals surface area contributed by atoms with Gasteiger partial charge in [0.25, 0.3) is 0 Å². The largest absolute Gasteiger partial charge is 0.456 e. The number of anilines is 6. The van der Waals surface area contributed by atoms with Gasteiger partial charge in [-0.1, -0.05) is 137 Å². The van der Waals surface area contributed by atoms with Crippen LogP contribution in [0.25, 0.3) is 106 Å². The van der Waals surface area contributed by atoms with Gasteiger partial charge in [-0.2, -0.15) is 0 Å². The standard InChI is InChI=1S/C68H44N2O2S2/c1-67(2)49-31-37-15-5-7-17-39(37)33-55(49)69(53-23-13-21-45-41-19-9-11-25-59(41)73-65(45)53)51-29-27-43-47-35-58-48(36-57(47)71-63(43)61(51)67)44-28-30-52-62(64(44)72-58)68(3,4)50-32-38-16-6-8-18-40(38)34-56(50)70(52)54-24-14-22-46-42-20-10-12-26-60(42)74-66(46)54/h5-36H,1-4H3. The molecule has 4 nitrogen and oxygen atoms in total. The van der Waals surface area contributed by atoms with E-state index in [2.05, 4.69) is 232 Å². The van der Waals surface area contributed by atoms with Gasteiger partial charge in [-0.15, -0.1) is 22.7 Å². The first-order valence-electron chi connectivity index (χ1n) is 25.6. The normalized spacial score (nSPS) is 14.9. The topological polar surface area (TPSA) is 32.8 Å². The monoisotopic (exact) mass is 984 g/mol. The molecule has 17 rings (SSSR count). The molecule has 0 spiro atoms. The molecule has 15 aromatic rings. The summed E-state index contributed by atoms with van der Waals surface area (Å²) in [5.41, 5.74) is 14.7. The zero-order chi connectivity index (χ0) is 48.9. The fourth-order valence-electron chi connectivity index (χ4n) is 13.4. The molecular formula is C68H44N2O2S2. The molecule has 74 heavy (non-hydrogen) atoms. The Balaban J connectivity index is 0.899. The van der Waals surface area contributed by atoms with Gasteiger partial charge in [0.2, 0.25) is 0 Å². The van der Waals surface area contributed by atoms with Gasteiger partial charge in [0.1, 0.15) is 22.3 Å². The summed E-state index contributed by atoms with van der Waals surface area (Å²) in [6.07, 6.45) is 0. The fourth-order valence-corrected chi connectivity index (χ4v) is 15.8. The molecule has 0 radical (unpaired) electrons. The summed E-state index contributed by atoms with van der Waals surface area (Å²) in [5.74, 6) is 0. The lowest BCUT2D eigenvalue weighted by atomic mass is 9.72. The van der Waals surface area contributed by atoms with Gasteiger partial charge in [0.15, 0.2) is 0 Å². The lowest BCUT2D eigenvalue weighted by Crippen LogP contribution is -2.31. The van der Waals surface area contributed by atoms with E-state index >= 15 is 0 Å². The van der Waals surface area contributed by atoms with Crippen LogP contribution in [-0.4, -0.2) is 0 Å². The minimum atomic E-state index is -0.406. The van der Waals surface area contributed by atoms with Crippen LogP contribution in [-0.2, 0) is 10.8 Å². The van der Waals surface area contributed by atoms with Gasteiger partial charge in [-0.05, 0) is 118 Å². The van der Waals surface area contributed by atoms with Crippen LogP contribution in [0.1, 0.15) is 49.9 Å². The van der Waals surface area contributed by atoms with Crippen LogP contribution in [0.4, 0.5) is 34.1 Å². The van der Waals surface area contributed by atoms with Crippen LogP contribution in [0.5, 0.6) is 0 Å². The maximum atomic E-state index is 7.34. The number of hydrogen-bond donors (Lipinski definition) is 0. The summed E-state index contributed by atoms with van der Waals surface area (Å²) in [6, 6.07) is 72.1. The molecule has 2 aliphatic rings. The molecule has 0 saturated carbocycles. The van der Waals surface area contributed by atoms with Gasteiger partial charge in [0.05, 0.1) is 43.5 Å². The molecule has 0 bridgehead atoms. The second-order valence-corrected chi connectivity index (χ2v) is 23.7. The molecule has 0 fully saturated rings. The van der Waals surface area contributed by atoms with Crippen LogP contribution < -0.4 is 9.80 Å². The molecule has 0 amide bonds. The van der Waals surface area contributed by atoms with E-state index < -0.39 is 10.8 Å². The number of furan rings is 2. The summed E-state index contributed by atoms with van der Waals surface area (Å²) < 4.78 is 19.8. The minimum Gasteiger partial charge on any atom is -0.456 e. The smallest absolute Gasteiger partial charge is 0.141 e. The van der Waals surface area contributed by atoms with Gasteiger partial charge < -0.3 is 18.6 Å². The molecule has 0 N–H and O–H groups in total. The molecule has 6 heteroatoms. The molecule has 0 atom stereocenters. The Kier molecular flexibility index (Phi) is 7.89. The number of hydrogen-bond acceptors (Lipinski definition) is 6. The summed E-state index contributed by atoms with van der Waals surface area (Å²) in [5, 5.41) is 14.3. The van der Waals surface area contributed by atoms with Crippen LogP contribution in [0, 0.1) is 0 Å². The number of fused-ring (bicyclic) bond motifs is 20. The van der Waals surface area contributed by atoms with E-state index in [1.165, 1.54) is 107 Å². The van der Waals surface area contributed by atoms with Crippen molar-refractivity contribution >= 4 is 163 Å². The Morgan fingerprint density at radius 1 is 0.324 bits per heavy atom. The van der Waals surface area contributed by atoms with Gasteiger partial charge in [-0.3, -0.25) is 0 Å². The Morgan fingerprint density at radius 3 is 1.16 bits per heavy atom. The van der Waals surface area contributed by atoms with E-state index in [0.717, 1.165) is 55.3 Å². The maximum Gasteiger partial charge on any atom is 0.141 e. The third-order valence-electron chi connectivity index (χ3n) is 16.9. The number of thiophene rings is 2. The molecule has 6 heterocycles. The van der Waals surface area contributed by atoms with Gasteiger partial charge >= 0.3 is 0 Å². The van der Waals surface area contributed by atoms with Crippen LogP contribution in [0.2, 0.25) is 0 Å². The SMILES string of the molecule is CC1(C)c2cc3ccccc3cc2N(c2cccc3c2sc2ccccc23)c2ccc3c(oc4cc5c(cc43)oc3c4c(ccc35)N(c3cccc5c3sc3ccccc35)c3cc5ccccc5cc3C4(C)C)c21. The van der Waals surface area contributed by atoms with E-state index in [9.17, 15) is 0 Å². The highest BCUT2D eigenvalue weighted by Gasteiger charge is 2.43. The molecule has 0 unspecified atom stereocenters. The lowest BCUT2D eigenvalue weighted by Gasteiger charge is -2.42. The lowest BCUT2D eigenvalue weighted by molar-refractivity contribution is 0.601. The predicted octanol–water partition coefficient (Wildman–Crippen LogP) is 20.7. The first-order chi connectivity index (χ1) is 36.2. The van der Waals surface area contributed by atoms with Crippen molar-refractivity contribution in [3.63, 3.8) is 0 Å². The molecule has 0 aliphatic carbocycles. The quantitative estimate of drug-likeness (QED) is 0.173. The third-order valence-corrected chi connectivity index (χ3v) is 19.3. The van der Waals surface area contributed by atoms with E-state index in [4.69, 9.17) is 8.83 Å². The molecule has 0 saturated heterocycles. The third kappa shape index (κ3) is 5.26. The Labute approximate surface area is 433 Å². The zero-order valence-electron chi connectivity index (χ0n) is 41.0. The fraction of sp³-hybridized carbons (Fsp3) is 0.0882. The van der Waals surface area contributed by atoms with Crippen LogP contribution in [0.3, 0.4) is 0 Å². The molecule has 350 valence electrons. The van der Waals surface area contributed by atoms with Crippen LogP contribution >= 0.6 is 22.7 Å². The van der Waals surface area contributed by atoms with Crippen molar-refractivity contribution < 1.29 is 8.83 Å². The Bertz CT molecular complexity index is 4690. The van der Waals surface area contributed by atoms with Crippen molar-refractivity contribution in [1.82, 2.24) is 0 Å². The second kappa shape index (κ2) is 14.2. The highest BCUT2D eigenvalue weighted by Crippen LogP contribution is 2.60. The highest BCUT2D eigenvalue weighted by atomic mass is 32.1. The van der Waals surface area contributed by atoms with E-state index in [-0.39, 0.29) is 0 Å². The van der Waals surface area contributed by atoms with E-state index in [1.807, 2.05) is 22.7 Å². The highest BCUT2D eigenvalue weighted by molar-refractivity contribution is 7.26. The van der Waals surface area contributed by atoms with Crippen molar-refractivity contribution in [2.75, 3.05) is 9.80 Å². The average Bonchev–Trinajstić information content (AvgIpc) is 4.25.